The number of esters is 1. The van der Waals surface area contributed by atoms with E-state index in [1.165, 1.54) is 25.7 Å². The number of ether oxygens (including phenoxy) is 1. The molecule has 4 nitrogen and oxygen atoms in total. The Morgan fingerprint density at radius 1 is 1.33 bits per heavy atom. The third kappa shape index (κ3) is 3.26. The SMILES string of the molecule is CCOC(=O)C1(NC2CC2)CCC(N(C)C(C)C2CC2)C1. The van der Waals surface area contributed by atoms with Crippen molar-refractivity contribution >= 4 is 5.97 Å². The molecule has 0 amide bonds. The maximum atomic E-state index is 12.5. The van der Waals surface area contributed by atoms with Crippen LogP contribution in [0.1, 0.15) is 58.8 Å². The van der Waals surface area contributed by atoms with Crippen molar-refractivity contribution in [3.05, 3.63) is 0 Å². The molecule has 1 N–H and O–H groups in total. The summed E-state index contributed by atoms with van der Waals surface area (Å²) in [6.45, 7) is 4.72. The fourth-order valence-electron chi connectivity index (χ4n) is 3.87. The summed E-state index contributed by atoms with van der Waals surface area (Å²) in [6.07, 6.45) is 8.11. The van der Waals surface area contributed by atoms with Crippen LogP contribution in [-0.4, -0.2) is 48.2 Å². The molecule has 0 aromatic heterocycles. The Morgan fingerprint density at radius 3 is 2.62 bits per heavy atom. The summed E-state index contributed by atoms with van der Waals surface area (Å²) in [5.41, 5.74) is -0.417. The Kier molecular flexibility index (Phi) is 4.28. The predicted molar refractivity (Wildman–Crippen MR) is 83.1 cm³/mol. The Morgan fingerprint density at radius 2 is 2.05 bits per heavy atom. The van der Waals surface area contributed by atoms with Gasteiger partial charge in [-0.25, -0.2) is 0 Å². The van der Waals surface area contributed by atoms with E-state index in [-0.39, 0.29) is 5.97 Å². The van der Waals surface area contributed by atoms with Gasteiger partial charge in [0.15, 0.2) is 0 Å². The first-order valence-corrected chi connectivity index (χ1v) is 8.72. The van der Waals surface area contributed by atoms with E-state index in [9.17, 15) is 4.79 Å². The highest BCUT2D eigenvalue weighted by atomic mass is 16.5. The van der Waals surface area contributed by atoms with Crippen LogP contribution in [0.2, 0.25) is 0 Å². The van der Waals surface area contributed by atoms with E-state index < -0.39 is 5.54 Å². The fraction of sp³-hybridized carbons (Fsp3) is 0.941. The van der Waals surface area contributed by atoms with Gasteiger partial charge in [0.1, 0.15) is 5.54 Å². The van der Waals surface area contributed by atoms with Crippen LogP contribution in [-0.2, 0) is 9.53 Å². The number of nitrogens with zero attached hydrogens (tertiary/aromatic N) is 1. The molecule has 0 aromatic rings. The molecule has 0 aromatic carbocycles. The van der Waals surface area contributed by atoms with Crippen molar-refractivity contribution in [3.63, 3.8) is 0 Å². The normalized spacial score (nSPS) is 34.2. The molecule has 3 aliphatic rings. The van der Waals surface area contributed by atoms with Crippen LogP contribution < -0.4 is 5.32 Å². The zero-order valence-electron chi connectivity index (χ0n) is 13.7. The van der Waals surface area contributed by atoms with Crippen molar-refractivity contribution in [2.45, 2.75) is 82.5 Å². The first kappa shape index (κ1) is 15.3. The second-order valence-corrected chi connectivity index (χ2v) is 7.36. The van der Waals surface area contributed by atoms with Crippen molar-refractivity contribution in [1.29, 1.82) is 0 Å². The quantitative estimate of drug-likeness (QED) is 0.732. The summed E-state index contributed by atoms with van der Waals surface area (Å²) in [5.74, 6) is 0.857. The first-order valence-electron chi connectivity index (χ1n) is 8.72. The lowest BCUT2D eigenvalue weighted by molar-refractivity contribution is -0.151. The van der Waals surface area contributed by atoms with Crippen LogP contribution in [0.4, 0.5) is 0 Å². The van der Waals surface area contributed by atoms with Crippen molar-refractivity contribution in [2.24, 2.45) is 5.92 Å². The molecule has 3 atom stereocenters. The fourth-order valence-corrected chi connectivity index (χ4v) is 3.87. The monoisotopic (exact) mass is 294 g/mol. The topological polar surface area (TPSA) is 41.6 Å². The third-order valence-electron chi connectivity index (χ3n) is 5.73. The molecule has 21 heavy (non-hydrogen) atoms. The average Bonchev–Trinajstić information content (AvgIpc) is 3.37. The molecule has 3 unspecified atom stereocenters. The lowest BCUT2D eigenvalue weighted by atomic mass is 9.96. The Hall–Kier alpha value is -0.610. The van der Waals surface area contributed by atoms with Crippen LogP contribution in [0.5, 0.6) is 0 Å². The van der Waals surface area contributed by atoms with Gasteiger partial charge in [-0.2, -0.15) is 0 Å². The number of carbonyl (C=O) groups excluding carboxylic acids is 1. The molecule has 0 radical (unpaired) electrons. The van der Waals surface area contributed by atoms with Gasteiger partial charge in [0, 0.05) is 18.1 Å². The van der Waals surface area contributed by atoms with Crippen molar-refractivity contribution in [3.8, 4) is 0 Å². The molecule has 0 saturated heterocycles. The third-order valence-corrected chi connectivity index (χ3v) is 5.73. The molecular weight excluding hydrogens is 264 g/mol. The maximum absolute atomic E-state index is 12.5. The zero-order valence-corrected chi connectivity index (χ0v) is 13.7. The number of carbonyl (C=O) groups is 1. The highest BCUT2D eigenvalue weighted by Gasteiger charge is 2.50. The lowest BCUT2D eigenvalue weighted by Gasteiger charge is -2.33. The highest BCUT2D eigenvalue weighted by Crippen LogP contribution is 2.41. The summed E-state index contributed by atoms with van der Waals surface area (Å²) >= 11 is 0. The molecule has 0 bridgehead atoms. The minimum absolute atomic E-state index is 0.0214. The summed E-state index contributed by atoms with van der Waals surface area (Å²) in [5, 5.41) is 3.62. The van der Waals surface area contributed by atoms with Crippen LogP contribution in [0.15, 0.2) is 0 Å². The van der Waals surface area contributed by atoms with Gasteiger partial charge in [-0.3, -0.25) is 10.1 Å². The molecule has 120 valence electrons. The number of nitrogens with one attached hydrogen (secondary N) is 1. The Bertz CT molecular complexity index is 392. The standard InChI is InChI=1S/C17H30N2O2/c1-4-21-16(20)17(18-14-7-8-14)10-9-15(11-17)19(3)12(2)13-5-6-13/h12-15,18H,4-11H2,1-3H3. The minimum atomic E-state index is -0.417. The predicted octanol–water partition coefficient (Wildman–Crippen LogP) is 2.32. The van der Waals surface area contributed by atoms with Gasteiger partial charge in [0.2, 0.25) is 0 Å². The van der Waals surface area contributed by atoms with Gasteiger partial charge in [0.05, 0.1) is 6.61 Å². The molecule has 0 spiro atoms. The Labute approximate surface area is 128 Å². The van der Waals surface area contributed by atoms with Crippen molar-refractivity contribution in [1.82, 2.24) is 10.2 Å². The van der Waals surface area contributed by atoms with Crippen LogP contribution in [0, 0.1) is 5.92 Å². The number of hydrogen-bond acceptors (Lipinski definition) is 4. The summed E-state index contributed by atoms with van der Waals surface area (Å²) in [6, 6.07) is 1.70. The molecule has 3 rings (SSSR count). The minimum Gasteiger partial charge on any atom is -0.465 e. The molecule has 3 aliphatic carbocycles. The largest absolute Gasteiger partial charge is 0.465 e. The molecule has 0 heterocycles. The van der Waals surface area contributed by atoms with E-state index >= 15 is 0 Å². The van der Waals surface area contributed by atoms with Gasteiger partial charge >= 0.3 is 5.97 Å². The lowest BCUT2D eigenvalue weighted by Crippen LogP contribution is -2.53. The van der Waals surface area contributed by atoms with E-state index in [1.54, 1.807) is 0 Å². The van der Waals surface area contributed by atoms with E-state index in [0.29, 0.717) is 24.7 Å². The second kappa shape index (κ2) is 5.88. The maximum Gasteiger partial charge on any atom is 0.326 e. The van der Waals surface area contributed by atoms with Crippen molar-refractivity contribution in [2.75, 3.05) is 13.7 Å². The van der Waals surface area contributed by atoms with Crippen LogP contribution in [0.3, 0.4) is 0 Å². The van der Waals surface area contributed by atoms with Crippen LogP contribution in [0.25, 0.3) is 0 Å². The molecular formula is C17H30N2O2. The molecule has 3 fully saturated rings. The summed E-state index contributed by atoms with van der Waals surface area (Å²) < 4.78 is 5.39. The highest BCUT2D eigenvalue weighted by molar-refractivity contribution is 5.81. The summed E-state index contributed by atoms with van der Waals surface area (Å²) in [4.78, 5) is 15.0. The smallest absolute Gasteiger partial charge is 0.326 e. The van der Waals surface area contributed by atoms with Crippen molar-refractivity contribution < 1.29 is 9.53 Å². The van der Waals surface area contributed by atoms with E-state index in [4.69, 9.17) is 4.74 Å². The van der Waals surface area contributed by atoms with E-state index in [2.05, 4.69) is 24.2 Å². The van der Waals surface area contributed by atoms with Crippen LogP contribution >= 0.6 is 0 Å². The molecule has 4 heteroatoms. The van der Waals surface area contributed by atoms with E-state index in [1.807, 2.05) is 6.92 Å². The number of rotatable bonds is 7. The van der Waals surface area contributed by atoms with Gasteiger partial charge < -0.3 is 9.64 Å². The summed E-state index contributed by atoms with van der Waals surface area (Å²) in [7, 11) is 2.24. The van der Waals surface area contributed by atoms with Gasteiger partial charge in [0.25, 0.3) is 0 Å². The number of hydrogen-bond donors (Lipinski definition) is 1. The molecule has 3 saturated carbocycles. The Balaban J connectivity index is 1.65. The van der Waals surface area contributed by atoms with Gasteiger partial charge in [-0.05, 0) is 71.8 Å². The van der Waals surface area contributed by atoms with Gasteiger partial charge in [-0.15, -0.1) is 0 Å². The zero-order chi connectivity index (χ0) is 15.0. The second-order valence-electron chi connectivity index (χ2n) is 7.36. The average molecular weight is 294 g/mol. The van der Waals surface area contributed by atoms with Gasteiger partial charge in [-0.1, -0.05) is 0 Å². The van der Waals surface area contributed by atoms with E-state index in [0.717, 1.165) is 25.2 Å². The molecule has 0 aliphatic heterocycles. The first-order chi connectivity index (χ1) is 10.1.